The van der Waals surface area contributed by atoms with Crippen molar-refractivity contribution in [2.75, 3.05) is 14.2 Å². The largest absolute Gasteiger partial charge is 1.00 e. The number of esters is 2. The minimum Gasteiger partial charge on any atom is -1.00 e. The molecule has 11 heteroatoms. The first kappa shape index (κ1) is 32.1. The standard InChI is InChI=1S/C29H28N4O5.2BrH/c1-37-27(34)13-11-23-3-7-25(8-4-23)19-30-15-17-32(21-30)29(36)33-18-16-31(22-33)20-26-9-5-24(6-10-26)12-14-28(35)38-2;;/h3-18,21-22H,19-20H2,1-2H3;2*1H/q+2;;/p-2/b13-11+,14-12+;;. The smallest absolute Gasteiger partial charge is 0.513 e. The van der Waals surface area contributed by atoms with Crippen LogP contribution in [0.1, 0.15) is 22.3 Å². The second-order valence-electron chi connectivity index (χ2n) is 8.47. The number of hydrogen-bond acceptors (Lipinski definition) is 5. The predicted octanol–water partition coefficient (Wildman–Crippen LogP) is -3.14. The molecular weight excluding hydrogens is 644 g/mol. The van der Waals surface area contributed by atoms with Crippen LogP contribution in [0, 0.1) is 0 Å². The fourth-order valence-electron chi connectivity index (χ4n) is 3.69. The molecule has 0 aliphatic rings. The van der Waals surface area contributed by atoms with Gasteiger partial charge in [0.1, 0.15) is 37.9 Å². The van der Waals surface area contributed by atoms with Gasteiger partial charge in [-0.2, -0.15) is 4.79 Å². The number of rotatable bonds is 8. The quantitative estimate of drug-likeness (QED) is 0.112. The van der Waals surface area contributed by atoms with Gasteiger partial charge in [-0.1, -0.05) is 48.5 Å². The zero-order chi connectivity index (χ0) is 26.9. The Labute approximate surface area is 253 Å². The fraction of sp³-hybridized carbons (Fsp3) is 0.138. The van der Waals surface area contributed by atoms with E-state index in [-0.39, 0.29) is 40.0 Å². The van der Waals surface area contributed by atoms with E-state index in [0.29, 0.717) is 13.1 Å². The van der Waals surface area contributed by atoms with Crippen molar-refractivity contribution in [1.82, 2.24) is 9.13 Å². The molecule has 9 nitrogen and oxygen atoms in total. The number of nitrogens with zero attached hydrogens (tertiary/aromatic N) is 4. The Morgan fingerprint density at radius 3 is 1.40 bits per heavy atom. The third kappa shape index (κ3) is 8.99. The number of imidazole rings is 2. The SMILES string of the molecule is COC(=O)/C=C/c1ccc(C[n+]2ccn(C(=O)n3cc[n+](Cc4ccc(/C=C/C(=O)OC)cc4)c3)c2)cc1.[Br-].[Br-]. The van der Waals surface area contributed by atoms with E-state index < -0.39 is 11.9 Å². The van der Waals surface area contributed by atoms with Crippen molar-refractivity contribution >= 4 is 30.1 Å². The van der Waals surface area contributed by atoms with E-state index in [1.165, 1.54) is 35.5 Å². The number of methoxy groups -OCH3 is 2. The Morgan fingerprint density at radius 1 is 0.675 bits per heavy atom. The van der Waals surface area contributed by atoms with Crippen molar-refractivity contribution in [2.45, 2.75) is 13.1 Å². The van der Waals surface area contributed by atoms with E-state index in [1.807, 2.05) is 70.1 Å². The molecule has 4 aromatic rings. The molecule has 0 aliphatic heterocycles. The molecule has 208 valence electrons. The number of carbonyl (C=O) groups excluding carboxylic acids is 3. The molecule has 0 atom stereocenters. The van der Waals surface area contributed by atoms with Crippen LogP contribution in [0.25, 0.3) is 12.2 Å². The molecule has 0 spiro atoms. The average molecular weight is 672 g/mol. The summed E-state index contributed by atoms with van der Waals surface area (Å²) in [6.07, 6.45) is 16.8. The van der Waals surface area contributed by atoms with Crippen molar-refractivity contribution in [1.29, 1.82) is 0 Å². The first-order chi connectivity index (χ1) is 18.4. The highest BCUT2D eigenvalue weighted by Gasteiger charge is 2.21. The Balaban J connectivity index is 0.00000280. The summed E-state index contributed by atoms with van der Waals surface area (Å²) in [4.78, 5) is 35.4. The summed E-state index contributed by atoms with van der Waals surface area (Å²) >= 11 is 0. The molecule has 0 amide bonds. The second-order valence-corrected chi connectivity index (χ2v) is 8.47. The van der Waals surface area contributed by atoms with Gasteiger partial charge in [-0.25, -0.2) is 18.7 Å². The average Bonchev–Trinajstić information content (AvgIpc) is 3.61. The van der Waals surface area contributed by atoms with E-state index in [2.05, 4.69) is 9.47 Å². The van der Waals surface area contributed by atoms with Gasteiger partial charge < -0.3 is 43.4 Å². The molecule has 2 aromatic carbocycles. The topological polar surface area (TPSA) is 87.3 Å². The lowest BCUT2D eigenvalue weighted by atomic mass is 10.1. The van der Waals surface area contributed by atoms with Crippen LogP contribution in [0.5, 0.6) is 0 Å². The summed E-state index contributed by atoms with van der Waals surface area (Å²) in [5, 5.41) is 0. The van der Waals surface area contributed by atoms with Gasteiger partial charge in [0, 0.05) is 12.2 Å². The van der Waals surface area contributed by atoms with E-state index in [1.54, 1.807) is 37.2 Å². The molecule has 2 aromatic heterocycles. The van der Waals surface area contributed by atoms with Gasteiger partial charge in [-0.3, -0.25) is 0 Å². The van der Waals surface area contributed by atoms with Crippen molar-refractivity contribution in [3.8, 4) is 0 Å². The monoisotopic (exact) mass is 670 g/mol. The van der Waals surface area contributed by atoms with E-state index in [4.69, 9.17) is 0 Å². The Bertz CT molecular complexity index is 1380. The highest BCUT2D eigenvalue weighted by molar-refractivity contribution is 5.87. The zero-order valence-electron chi connectivity index (χ0n) is 21.9. The number of halogens is 2. The number of hydrogen-bond donors (Lipinski definition) is 0. The predicted molar refractivity (Wildman–Crippen MR) is 139 cm³/mol. The fourth-order valence-corrected chi connectivity index (χ4v) is 3.69. The minimum absolute atomic E-state index is 0. The summed E-state index contributed by atoms with van der Waals surface area (Å²) in [6.45, 7) is 1.19. The van der Waals surface area contributed by atoms with E-state index >= 15 is 0 Å². The molecule has 2 heterocycles. The summed E-state index contributed by atoms with van der Waals surface area (Å²) in [5.41, 5.74) is 3.90. The highest BCUT2D eigenvalue weighted by Crippen LogP contribution is 2.08. The number of ether oxygens (including phenoxy) is 2. The number of benzene rings is 2. The van der Waals surface area contributed by atoms with Crippen LogP contribution in [0.2, 0.25) is 0 Å². The molecule has 0 N–H and O–H groups in total. The van der Waals surface area contributed by atoms with Crippen LogP contribution in [0.15, 0.2) is 98.1 Å². The van der Waals surface area contributed by atoms with Crippen LogP contribution in [0.4, 0.5) is 4.79 Å². The lowest BCUT2D eigenvalue weighted by Crippen LogP contribution is -3.00. The van der Waals surface area contributed by atoms with Crippen LogP contribution < -0.4 is 43.1 Å². The Morgan fingerprint density at radius 2 is 1.05 bits per heavy atom. The maximum Gasteiger partial charge on any atom is 0.513 e. The normalized spacial score (nSPS) is 10.7. The van der Waals surface area contributed by atoms with E-state index in [9.17, 15) is 14.4 Å². The first-order valence-electron chi connectivity index (χ1n) is 11.8. The van der Waals surface area contributed by atoms with Gasteiger partial charge in [0.05, 0.1) is 14.2 Å². The third-order valence-corrected chi connectivity index (χ3v) is 5.74. The third-order valence-electron chi connectivity index (χ3n) is 5.74. The molecule has 40 heavy (non-hydrogen) atoms. The van der Waals surface area contributed by atoms with Crippen LogP contribution in [0.3, 0.4) is 0 Å². The van der Waals surface area contributed by atoms with Gasteiger partial charge in [-0.05, 0) is 34.4 Å². The van der Waals surface area contributed by atoms with Gasteiger partial charge in [0.15, 0.2) is 0 Å². The zero-order valence-corrected chi connectivity index (χ0v) is 25.1. The lowest BCUT2D eigenvalue weighted by molar-refractivity contribution is -0.687. The van der Waals surface area contributed by atoms with Gasteiger partial charge in [-0.15, -0.1) is 9.13 Å². The summed E-state index contributed by atoms with van der Waals surface area (Å²) in [6, 6.07) is 15.4. The van der Waals surface area contributed by atoms with Crippen molar-refractivity contribution in [3.63, 3.8) is 0 Å². The van der Waals surface area contributed by atoms with Gasteiger partial charge in [0.25, 0.3) is 12.7 Å². The summed E-state index contributed by atoms with van der Waals surface area (Å²) < 4.78 is 16.1. The van der Waals surface area contributed by atoms with Crippen molar-refractivity contribution < 1.29 is 67.0 Å². The molecular formula is C29H28Br2N4O5. The molecule has 0 saturated carbocycles. The Kier molecular flexibility index (Phi) is 12.4. The van der Waals surface area contributed by atoms with Crippen molar-refractivity contribution in [3.05, 3.63) is 120 Å². The number of aromatic nitrogens is 4. The molecule has 0 saturated heterocycles. The number of carbonyl (C=O) groups is 3. The van der Waals surface area contributed by atoms with Gasteiger partial charge >= 0.3 is 18.0 Å². The van der Waals surface area contributed by atoms with Crippen molar-refractivity contribution in [2.24, 2.45) is 0 Å². The lowest BCUT2D eigenvalue weighted by Gasteiger charge is -1.99. The first-order valence-corrected chi connectivity index (χ1v) is 11.8. The molecule has 0 bridgehead atoms. The summed E-state index contributed by atoms with van der Waals surface area (Å²) in [7, 11) is 2.68. The van der Waals surface area contributed by atoms with Gasteiger partial charge in [0.2, 0.25) is 0 Å². The molecule has 0 fully saturated rings. The summed E-state index contributed by atoms with van der Waals surface area (Å²) in [5.74, 6) is -0.798. The van der Waals surface area contributed by atoms with E-state index in [0.717, 1.165) is 22.3 Å². The van der Waals surface area contributed by atoms with Crippen LogP contribution in [-0.2, 0) is 32.2 Å². The maximum absolute atomic E-state index is 13.0. The maximum atomic E-state index is 13.0. The molecule has 4 rings (SSSR count). The molecule has 0 radical (unpaired) electrons. The second kappa shape index (κ2) is 15.5. The Hall–Kier alpha value is -4.09. The van der Waals surface area contributed by atoms with Crippen LogP contribution >= 0.6 is 0 Å². The minimum atomic E-state index is -0.399. The highest BCUT2D eigenvalue weighted by atomic mass is 79.9. The molecule has 0 aliphatic carbocycles. The molecule has 0 unspecified atom stereocenters. The van der Waals surface area contributed by atoms with Crippen LogP contribution in [-0.4, -0.2) is 41.3 Å².